The van der Waals surface area contributed by atoms with Crippen molar-refractivity contribution in [1.82, 2.24) is 5.32 Å². The third-order valence-corrected chi connectivity index (χ3v) is 6.30. The predicted octanol–water partition coefficient (Wildman–Crippen LogP) is 4.45. The molecule has 3 rings (SSSR count). The van der Waals surface area contributed by atoms with Gasteiger partial charge in [0.1, 0.15) is 0 Å². The largest absolute Gasteiger partial charge is 0.345 e. The van der Waals surface area contributed by atoms with Crippen molar-refractivity contribution in [3.8, 4) is 0 Å². The first-order chi connectivity index (χ1) is 14.9. The summed E-state index contributed by atoms with van der Waals surface area (Å²) in [7, 11) is -3.45. The molecule has 0 aliphatic heterocycles. The van der Waals surface area contributed by atoms with Crippen LogP contribution in [0.15, 0.2) is 84.9 Å². The van der Waals surface area contributed by atoms with E-state index in [2.05, 4.69) is 5.32 Å². The minimum atomic E-state index is -3.45. The summed E-state index contributed by atoms with van der Waals surface area (Å²) in [5.74, 6) is -0.115. The number of carbonyl (C=O) groups excluding carboxylic acids is 1. The Hall–Kier alpha value is -3.12. The molecule has 31 heavy (non-hydrogen) atoms. The average Bonchev–Trinajstić information content (AvgIpc) is 2.76. The molecule has 1 amide bonds. The lowest BCUT2D eigenvalue weighted by Gasteiger charge is -2.24. The van der Waals surface area contributed by atoms with E-state index < -0.39 is 10.0 Å². The minimum Gasteiger partial charge on any atom is -0.345 e. The second-order valence-electron chi connectivity index (χ2n) is 7.55. The number of hydrogen-bond donors (Lipinski definition) is 1. The molecule has 0 atom stereocenters. The number of rotatable bonds is 9. The molecule has 3 aromatic carbocycles. The van der Waals surface area contributed by atoms with Gasteiger partial charge in [0, 0.05) is 13.0 Å². The highest BCUT2D eigenvalue weighted by atomic mass is 32.2. The first-order valence-corrected chi connectivity index (χ1v) is 12.1. The van der Waals surface area contributed by atoms with Crippen molar-refractivity contribution < 1.29 is 13.2 Å². The Balaban J connectivity index is 1.68. The fraction of sp³-hybridized carbons (Fsp3) is 0.240. The van der Waals surface area contributed by atoms with Gasteiger partial charge in [-0.15, -0.1) is 0 Å². The zero-order chi connectivity index (χ0) is 22.3. The van der Waals surface area contributed by atoms with Gasteiger partial charge in [-0.1, -0.05) is 78.9 Å². The van der Waals surface area contributed by atoms with Gasteiger partial charge in [-0.25, -0.2) is 8.42 Å². The monoisotopic (exact) mass is 436 g/mol. The first kappa shape index (κ1) is 22.6. The number of benzene rings is 3. The molecule has 0 heterocycles. The molecule has 0 saturated heterocycles. The third kappa shape index (κ3) is 6.18. The highest BCUT2D eigenvalue weighted by Crippen LogP contribution is 2.24. The highest BCUT2D eigenvalue weighted by molar-refractivity contribution is 7.92. The van der Waals surface area contributed by atoms with Gasteiger partial charge in [0.2, 0.25) is 15.9 Å². The van der Waals surface area contributed by atoms with Crippen LogP contribution >= 0.6 is 0 Å². The first-order valence-electron chi connectivity index (χ1n) is 10.3. The maximum atomic E-state index is 12.8. The molecule has 0 bridgehead atoms. The van der Waals surface area contributed by atoms with Crippen molar-refractivity contribution >= 4 is 21.6 Å². The summed E-state index contributed by atoms with van der Waals surface area (Å²) in [5, 5.41) is 3.11. The summed E-state index contributed by atoms with van der Waals surface area (Å²) >= 11 is 0. The summed E-state index contributed by atoms with van der Waals surface area (Å²) < 4.78 is 26.0. The van der Waals surface area contributed by atoms with Crippen LogP contribution in [0.3, 0.4) is 0 Å². The van der Waals surface area contributed by atoms with Crippen LogP contribution in [0.1, 0.15) is 35.6 Å². The summed E-state index contributed by atoms with van der Waals surface area (Å²) in [6.45, 7) is 2.13. The second kappa shape index (κ2) is 10.3. The minimum absolute atomic E-state index is 0.115. The van der Waals surface area contributed by atoms with Crippen molar-refractivity contribution in [3.05, 3.63) is 102 Å². The van der Waals surface area contributed by atoms with Crippen LogP contribution in [0, 0.1) is 6.92 Å². The lowest BCUT2D eigenvalue weighted by molar-refractivity contribution is -0.121. The number of amides is 1. The SMILES string of the molecule is Cc1ccccc1N(CCCC(=O)NC(c1ccccc1)c1ccccc1)S(C)(=O)=O. The second-order valence-corrected chi connectivity index (χ2v) is 9.45. The summed E-state index contributed by atoms with van der Waals surface area (Å²) in [6, 6.07) is 26.7. The normalized spacial score (nSPS) is 11.3. The molecule has 1 N–H and O–H groups in total. The van der Waals surface area contributed by atoms with E-state index in [1.165, 1.54) is 10.6 Å². The molecule has 162 valence electrons. The van der Waals surface area contributed by atoms with Crippen LogP contribution in [0.25, 0.3) is 0 Å². The Morgan fingerprint density at radius 3 is 1.90 bits per heavy atom. The van der Waals surface area contributed by atoms with Crippen molar-refractivity contribution in [2.75, 3.05) is 17.1 Å². The topological polar surface area (TPSA) is 66.5 Å². The van der Waals surface area contributed by atoms with Crippen LogP contribution in [0.5, 0.6) is 0 Å². The molecule has 0 aliphatic carbocycles. The van der Waals surface area contributed by atoms with Gasteiger partial charge in [0.25, 0.3) is 0 Å². The molecule has 0 spiro atoms. The standard InChI is InChI=1S/C25H28N2O3S/c1-20-12-9-10-17-23(20)27(31(2,29)30)19-11-18-24(28)26-25(21-13-5-3-6-14-21)22-15-7-4-8-16-22/h3-10,12-17,25H,11,18-19H2,1-2H3,(H,26,28). The van der Waals surface area contributed by atoms with E-state index in [4.69, 9.17) is 0 Å². The number of para-hydroxylation sites is 1. The zero-order valence-electron chi connectivity index (χ0n) is 17.9. The molecule has 0 saturated carbocycles. The number of aryl methyl sites for hydroxylation is 1. The Morgan fingerprint density at radius 2 is 1.39 bits per heavy atom. The van der Waals surface area contributed by atoms with E-state index in [-0.39, 0.29) is 24.9 Å². The van der Waals surface area contributed by atoms with Crippen LogP contribution < -0.4 is 9.62 Å². The van der Waals surface area contributed by atoms with Crippen LogP contribution in [-0.2, 0) is 14.8 Å². The van der Waals surface area contributed by atoms with Gasteiger partial charge in [-0.2, -0.15) is 0 Å². The van der Waals surface area contributed by atoms with E-state index in [1.807, 2.05) is 85.8 Å². The zero-order valence-corrected chi connectivity index (χ0v) is 18.7. The molecule has 0 aliphatic rings. The number of carbonyl (C=O) groups is 1. The molecule has 0 radical (unpaired) electrons. The van der Waals surface area contributed by atoms with Crippen molar-refractivity contribution in [3.63, 3.8) is 0 Å². The fourth-order valence-corrected chi connectivity index (χ4v) is 4.60. The summed E-state index contributed by atoms with van der Waals surface area (Å²) in [4.78, 5) is 12.8. The average molecular weight is 437 g/mol. The third-order valence-electron chi connectivity index (χ3n) is 5.12. The van der Waals surface area contributed by atoms with Crippen LogP contribution in [-0.4, -0.2) is 27.1 Å². The summed E-state index contributed by atoms with van der Waals surface area (Å²) in [5.41, 5.74) is 3.53. The molecule has 3 aromatic rings. The van der Waals surface area contributed by atoms with Gasteiger partial charge in [0.15, 0.2) is 0 Å². The Bertz CT molecular complexity index is 1060. The Kier molecular flexibility index (Phi) is 7.47. The maximum Gasteiger partial charge on any atom is 0.232 e. The molecule has 5 nitrogen and oxygen atoms in total. The van der Waals surface area contributed by atoms with Crippen molar-refractivity contribution in [1.29, 1.82) is 0 Å². The molecule has 0 unspecified atom stereocenters. The van der Waals surface area contributed by atoms with Crippen LogP contribution in [0.4, 0.5) is 5.69 Å². The van der Waals surface area contributed by atoms with E-state index >= 15 is 0 Å². The van der Waals surface area contributed by atoms with Gasteiger partial charge >= 0.3 is 0 Å². The lowest BCUT2D eigenvalue weighted by Crippen LogP contribution is -2.33. The molecule has 6 heteroatoms. The highest BCUT2D eigenvalue weighted by Gasteiger charge is 2.20. The van der Waals surface area contributed by atoms with Crippen molar-refractivity contribution in [2.45, 2.75) is 25.8 Å². The molecular weight excluding hydrogens is 408 g/mol. The van der Waals surface area contributed by atoms with E-state index in [9.17, 15) is 13.2 Å². The smallest absolute Gasteiger partial charge is 0.232 e. The lowest BCUT2D eigenvalue weighted by atomic mass is 9.98. The molecular formula is C25H28N2O3S. The van der Waals surface area contributed by atoms with Gasteiger partial charge in [0.05, 0.1) is 18.0 Å². The number of nitrogens with zero attached hydrogens (tertiary/aromatic N) is 1. The molecule has 0 aromatic heterocycles. The van der Waals surface area contributed by atoms with E-state index in [0.717, 1.165) is 16.7 Å². The quantitative estimate of drug-likeness (QED) is 0.539. The van der Waals surface area contributed by atoms with Gasteiger partial charge in [-0.05, 0) is 36.1 Å². The van der Waals surface area contributed by atoms with E-state index in [1.54, 1.807) is 6.07 Å². The number of sulfonamides is 1. The number of anilines is 1. The van der Waals surface area contributed by atoms with Gasteiger partial charge in [-0.3, -0.25) is 9.10 Å². The van der Waals surface area contributed by atoms with Crippen molar-refractivity contribution in [2.24, 2.45) is 0 Å². The molecule has 0 fully saturated rings. The number of hydrogen-bond acceptors (Lipinski definition) is 3. The number of nitrogens with one attached hydrogen (secondary N) is 1. The van der Waals surface area contributed by atoms with Crippen LogP contribution in [0.2, 0.25) is 0 Å². The van der Waals surface area contributed by atoms with E-state index in [0.29, 0.717) is 12.1 Å². The Morgan fingerprint density at radius 1 is 0.871 bits per heavy atom. The predicted molar refractivity (Wildman–Crippen MR) is 125 cm³/mol. The summed E-state index contributed by atoms with van der Waals surface area (Å²) in [6.07, 6.45) is 1.85. The Labute approximate surface area is 184 Å². The van der Waals surface area contributed by atoms with Gasteiger partial charge < -0.3 is 5.32 Å². The maximum absolute atomic E-state index is 12.8. The fourth-order valence-electron chi connectivity index (χ4n) is 3.57.